The topological polar surface area (TPSA) is 73.1 Å². The van der Waals surface area contributed by atoms with E-state index in [4.69, 9.17) is 22.1 Å². The van der Waals surface area contributed by atoms with Crippen LogP contribution in [0.4, 0.5) is 11.5 Å². The van der Waals surface area contributed by atoms with Gasteiger partial charge in [0, 0.05) is 12.6 Å². The number of nitrogens with two attached hydrogens (primary N) is 1. The first kappa shape index (κ1) is 17.0. The maximum atomic E-state index is 6.05. The third-order valence-corrected chi connectivity index (χ3v) is 2.94. The molecule has 1 rings (SSSR count). The van der Waals surface area contributed by atoms with Crippen LogP contribution in [-0.4, -0.2) is 22.6 Å². The molecule has 0 radical (unpaired) electrons. The Bertz CT molecular complexity index is 469. The molecule has 1 aromatic heterocycles. The van der Waals surface area contributed by atoms with E-state index < -0.39 is 0 Å². The second-order valence-electron chi connectivity index (χ2n) is 6.87. The van der Waals surface area contributed by atoms with Crippen LogP contribution in [0, 0.1) is 5.41 Å². The van der Waals surface area contributed by atoms with Crippen LogP contribution >= 0.6 is 11.6 Å². The Morgan fingerprint density at radius 3 is 2.30 bits per heavy atom. The van der Waals surface area contributed by atoms with Crippen LogP contribution in [0.2, 0.25) is 5.15 Å². The third kappa shape index (κ3) is 5.13. The third-order valence-electron chi connectivity index (χ3n) is 2.65. The van der Waals surface area contributed by atoms with Gasteiger partial charge in [-0.05, 0) is 25.7 Å². The molecular formula is C14H25ClN4O. The van der Waals surface area contributed by atoms with Crippen LogP contribution in [-0.2, 0) is 11.3 Å². The lowest BCUT2D eigenvalue weighted by atomic mass is 9.82. The minimum atomic E-state index is -0.158. The fraction of sp³-hybridized carbons (Fsp3) is 0.714. The Morgan fingerprint density at radius 2 is 1.80 bits per heavy atom. The predicted octanol–water partition coefficient (Wildman–Crippen LogP) is 3.49. The lowest BCUT2D eigenvalue weighted by Crippen LogP contribution is -2.36. The minimum absolute atomic E-state index is 0.158. The molecule has 0 amide bonds. The zero-order chi connectivity index (χ0) is 15.6. The van der Waals surface area contributed by atoms with Crippen LogP contribution in [0.15, 0.2) is 0 Å². The molecule has 1 heterocycles. The number of anilines is 2. The minimum Gasteiger partial charge on any atom is -0.393 e. The van der Waals surface area contributed by atoms with E-state index >= 15 is 0 Å². The monoisotopic (exact) mass is 300 g/mol. The van der Waals surface area contributed by atoms with Crippen molar-refractivity contribution in [3.8, 4) is 0 Å². The first-order chi connectivity index (χ1) is 9.04. The standard InChI is InChI=1S/C14H25ClN4O/c1-13(2,3)8-14(4,5)19-12-10(16)11(15)17-9(18-12)7-20-6/h7-8,16H2,1-6H3,(H,17,18,19). The maximum Gasteiger partial charge on any atom is 0.158 e. The van der Waals surface area contributed by atoms with E-state index in [9.17, 15) is 0 Å². The van der Waals surface area contributed by atoms with Gasteiger partial charge in [0.1, 0.15) is 12.3 Å². The van der Waals surface area contributed by atoms with E-state index in [-0.39, 0.29) is 16.1 Å². The van der Waals surface area contributed by atoms with Crippen LogP contribution in [0.3, 0.4) is 0 Å². The summed E-state index contributed by atoms with van der Waals surface area (Å²) < 4.78 is 5.04. The normalized spacial score (nSPS) is 12.6. The summed E-state index contributed by atoms with van der Waals surface area (Å²) >= 11 is 6.05. The maximum absolute atomic E-state index is 6.05. The number of hydrogen-bond donors (Lipinski definition) is 2. The summed E-state index contributed by atoms with van der Waals surface area (Å²) in [7, 11) is 1.59. The Balaban J connectivity index is 3.01. The van der Waals surface area contributed by atoms with Gasteiger partial charge in [-0.1, -0.05) is 32.4 Å². The number of ether oxygens (including phenoxy) is 1. The van der Waals surface area contributed by atoms with Gasteiger partial charge in [0.15, 0.2) is 16.8 Å². The van der Waals surface area contributed by atoms with Crippen molar-refractivity contribution in [3.63, 3.8) is 0 Å². The van der Waals surface area contributed by atoms with Crippen molar-refractivity contribution in [1.82, 2.24) is 9.97 Å². The van der Waals surface area contributed by atoms with E-state index in [1.54, 1.807) is 7.11 Å². The van der Waals surface area contributed by atoms with E-state index in [1.807, 2.05) is 0 Å². The fourth-order valence-corrected chi connectivity index (χ4v) is 2.65. The van der Waals surface area contributed by atoms with Crippen LogP contribution in [0.5, 0.6) is 0 Å². The SMILES string of the molecule is COCc1nc(Cl)c(N)c(NC(C)(C)CC(C)(C)C)n1. The Hall–Kier alpha value is -1.07. The molecule has 1 aromatic rings. The van der Waals surface area contributed by atoms with Gasteiger partial charge < -0.3 is 15.8 Å². The molecule has 0 aromatic carbocycles. The van der Waals surface area contributed by atoms with Crippen molar-refractivity contribution in [2.24, 2.45) is 5.41 Å². The number of rotatable bonds is 5. The summed E-state index contributed by atoms with van der Waals surface area (Å²) in [6, 6.07) is 0. The molecule has 5 nitrogen and oxygen atoms in total. The molecule has 0 unspecified atom stereocenters. The van der Waals surface area contributed by atoms with Crippen molar-refractivity contribution in [2.45, 2.75) is 53.2 Å². The molecule has 0 aliphatic rings. The van der Waals surface area contributed by atoms with Crippen molar-refractivity contribution in [2.75, 3.05) is 18.2 Å². The smallest absolute Gasteiger partial charge is 0.158 e. The zero-order valence-corrected chi connectivity index (χ0v) is 13.9. The van der Waals surface area contributed by atoms with E-state index in [2.05, 4.69) is 49.9 Å². The molecular weight excluding hydrogens is 276 g/mol. The van der Waals surface area contributed by atoms with Crippen LogP contribution < -0.4 is 11.1 Å². The Morgan fingerprint density at radius 1 is 1.20 bits per heavy atom. The number of nitrogen functional groups attached to an aromatic ring is 1. The molecule has 0 saturated heterocycles. The summed E-state index contributed by atoms with van der Waals surface area (Å²) in [6.45, 7) is 11.1. The lowest BCUT2D eigenvalue weighted by Gasteiger charge is -2.34. The van der Waals surface area contributed by atoms with Crippen molar-refractivity contribution >= 4 is 23.1 Å². The molecule has 0 saturated carbocycles. The number of halogens is 1. The second-order valence-corrected chi connectivity index (χ2v) is 7.23. The highest BCUT2D eigenvalue weighted by atomic mass is 35.5. The van der Waals surface area contributed by atoms with Gasteiger partial charge in [-0.2, -0.15) is 0 Å². The van der Waals surface area contributed by atoms with Gasteiger partial charge >= 0.3 is 0 Å². The molecule has 0 aliphatic heterocycles. The van der Waals surface area contributed by atoms with Gasteiger partial charge in [-0.15, -0.1) is 0 Å². The molecule has 0 aliphatic carbocycles. The summed E-state index contributed by atoms with van der Waals surface area (Å²) in [5.74, 6) is 1.08. The summed E-state index contributed by atoms with van der Waals surface area (Å²) in [4.78, 5) is 8.47. The average Bonchev–Trinajstić information content (AvgIpc) is 2.21. The van der Waals surface area contributed by atoms with Gasteiger partial charge in [-0.25, -0.2) is 9.97 Å². The first-order valence-corrected chi connectivity index (χ1v) is 7.01. The molecule has 0 spiro atoms. The highest BCUT2D eigenvalue weighted by Crippen LogP contribution is 2.32. The molecule has 0 bridgehead atoms. The number of nitrogens with zero attached hydrogens (tertiary/aromatic N) is 2. The van der Waals surface area contributed by atoms with Gasteiger partial charge in [-0.3, -0.25) is 0 Å². The molecule has 6 heteroatoms. The van der Waals surface area contributed by atoms with Crippen LogP contribution in [0.25, 0.3) is 0 Å². The Labute approximate surface area is 126 Å². The van der Waals surface area contributed by atoms with Gasteiger partial charge in [0.25, 0.3) is 0 Å². The fourth-order valence-electron chi connectivity index (χ4n) is 2.46. The zero-order valence-electron chi connectivity index (χ0n) is 13.2. The van der Waals surface area contributed by atoms with Crippen molar-refractivity contribution < 1.29 is 4.74 Å². The van der Waals surface area contributed by atoms with E-state index in [1.165, 1.54) is 0 Å². The summed E-state index contributed by atoms with van der Waals surface area (Å²) in [5.41, 5.74) is 6.36. The number of methoxy groups -OCH3 is 1. The second kappa shape index (κ2) is 6.14. The quantitative estimate of drug-likeness (QED) is 0.814. The van der Waals surface area contributed by atoms with Crippen molar-refractivity contribution in [3.05, 3.63) is 11.0 Å². The molecule has 0 fully saturated rings. The number of hydrogen-bond acceptors (Lipinski definition) is 5. The van der Waals surface area contributed by atoms with Crippen molar-refractivity contribution in [1.29, 1.82) is 0 Å². The number of aromatic nitrogens is 2. The van der Waals surface area contributed by atoms with Gasteiger partial charge in [0.2, 0.25) is 0 Å². The number of nitrogens with one attached hydrogen (secondary N) is 1. The van der Waals surface area contributed by atoms with E-state index in [0.717, 1.165) is 6.42 Å². The Kier molecular flexibility index (Phi) is 5.21. The highest BCUT2D eigenvalue weighted by Gasteiger charge is 2.27. The lowest BCUT2D eigenvalue weighted by molar-refractivity contribution is 0.178. The first-order valence-electron chi connectivity index (χ1n) is 6.63. The summed E-state index contributed by atoms with van der Waals surface area (Å²) in [5, 5.41) is 3.62. The molecule has 3 N–H and O–H groups in total. The largest absolute Gasteiger partial charge is 0.393 e. The van der Waals surface area contributed by atoms with Gasteiger partial charge in [0.05, 0.1) is 0 Å². The van der Waals surface area contributed by atoms with E-state index in [0.29, 0.717) is 23.9 Å². The average molecular weight is 301 g/mol. The van der Waals surface area contributed by atoms with Crippen LogP contribution in [0.1, 0.15) is 46.9 Å². The highest BCUT2D eigenvalue weighted by molar-refractivity contribution is 6.32. The molecule has 0 atom stereocenters. The molecule has 114 valence electrons. The summed E-state index contributed by atoms with van der Waals surface area (Å²) in [6.07, 6.45) is 0.959. The predicted molar refractivity (Wildman–Crippen MR) is 83.9 cm³/mol. The molecule has 20 heavy (non-hydrogen) atoms.